The summed E-state index contributed by atoms with van der Waals surface area (Å²) in [5.74, 6) is 0.153. The number of benzene rings is 4. The van der Waals surface area contributed by atoms with Gasteiger partial charge in [-0.2, -0.15) is 0 Å². The molecule has 1 atom stereocenters. The predicted octanol–water partition coefficient (Wildman–Crippen LogP) is 11.4. The number of carbonyl (C=O) groups excluding carboxylic acids is 3. The maximum atomic E-state index is 13.1. The Morgan fingerprint density at radius 3 is 1.59 bits per heavy atom. The van der Waals surface area contributed by atoms with Crippen LogP contribution in [0.25, 0.3) is 22.3 Å². The van der Waals surface area contributed by atoms with Crippen molar-refractivity contribution in [1.29, 1.82) is 0 Å². The van der Waals surface area contributed by atoms with Gasteiger partial charge in [0.05, 0.1) is 37.1 Å². The Bertz CT molecular complexity index is 1960. The summed E-state index contributed by atoms with van der Waals surface area (Å²) < 4.78 is 16.8. The monoisotopic (exact) mass is 754 g/mol. The molecule has 292 valence electrons. The molecule has 5 rings (SSSR count). The van der Waals surface area contributed by atoms with Gasteiger partial charge in [0.1, 0.15) is 5.75 Å². The van der Waals surface area contributed by atoms with Crippen molar-refractivity contribution >= 4 is 17.7 Å². The maximum Gasteiger partial charge on any atom is 0.343 e. The summed E-state index contributed by atoms with van der Waals surface area (Å²) >= 11 is 0. The van der Waals surface area contributed by atoms with Crippen LogP contribution in [-0.2, 0) is 16.0 Å². The van der Waals surface area contributed by atoms with Gasteiger partial charge in [0.15, 0.2) is 5.75 Å². The van der Waals surface area contributed by atoms with Gasteiger partial charge in [0, 0.05) is 5.56 Å². The highest BCUT2D eigenvalue weighted by Crippen LogP contribution is 2.25. The van der Waals surface area contributed by atoms with Crippen LogP contribution in [0.3, 0.4) is 0 Å². The summed E-state index contributed by atoms with van der Waals surface area (Å²) in [7, 11) is 0. The number of hydrogen-bond donors (Lipinski definition) is 0. The summed E-state index contributed by atoms with van der Waals surface area (Å²) in [6.07, 6.45) is 16.7. The molecule has 56 heavy (non-hydrogen) atoms. The number of unbranched alkanes of at least 4 members (excludes halogenated alkanes) is 9. The number of hydrogen-bond acceptors (Lipinski definition) is 8. The van der Waals surface area contributed by atoms with Crippen molar-refractivity contribution in [1.82, 2.24) is 9.97 Å². The topological polar surface area (TPSA) is 105 Å². The fraction of sp³-hybridized carbons (Fsp3) is 0.354. The Morgan fingerprint density at radius 1 is 0.571 bits per heavy atom. The highest BCUT2D eigenvalue weighted by atomic mass is 16.5. The normalized spacial score (nSPS) is 11.5. The predicted molar refractivity (Wildman–Crippen MR) is 221 cm³/mol. The van der Waals surface area contributed by atoms with Gasteiger partial charge in [-0.3, -0.25) is 9.59 Å². The molecular formula is C48H54N2O6. The fourth-order valence-electron chi connectivity index (χ4n) is 6.24. The molecule has 0 N–H and O–H groups in total. The zero-order valence-electron chi connectivity index (χ0n) is 33.0. The zero-order valence-corrected chi connectivity index (χ0v) is 33.0. The van der Waals surface area contributed by atoms with E-state index in [0.717, 1.165) is 47.1 Å². The van der Waals surface area contributed by atoms with Gasteiger partial charge in [0.2, 0.25) is 11.6 Å². The molecular weight excluding hydrogens is 701 g/mol. The average molecular weight is 755 g/mol. The molecule has 0 fully saturated rings. The third kappa shape index (κ3) is 13.0. The average Bonchev–Trinajstić information content (AvgIpc) is 3.23. The Labute approximate surface area is 331 Å². The van der Waals surface area contributed by atoms with Gasteiger partial charge < -0.3 is 14.2 Å². The van der Waals surface area contributed by atoms with Gasteiger partial charge in [-0.1, -0.05) is 144 Å². The molecule has 1 aromatic heterocycles. The smallest absolute Gasteiger partial charge is 0.343 e. The van der Waals surface area contributed by atoms with Crippen molar-refractivity contribution in [2.45, 2.75) is 104 Å². The van der Waals surface area contributed by atoms with Gasteiger partial charge in [-0.15, -0.1) is 0 Å². The lowest BCUT2D eigenvalue weighted by atomic mass is 10.0. The summed E-state index contributed by atoms with van der Waals surface area (Å²) in [6, 6.07) is 29.4. The molecule has 1 unspecified atom stereocenters. The lowest BCUT2D eigenvalue weighted by Crippen LogP contribution is -2.15. The molecule has 8 nitrogen and oxygen atoms in total. The molecule has 0 spiro atoms. The number of carbonyl (C=O) groups is 3. The molecule has 0 aliphatic rings. The van der Waals surface area contributed by atoms with E-state index < -0.39 is 5.97 Å². The molecule has 5 aromatic rings. The van der Waals surface area contributed by atoms with Crippen molar-refractivity contribution in [3.05, 3.63) is 132 Å². The SMILES string of the molecule is CCCCCCCCCCCCOc1cnc(C(=O)c2ccc(-c3ccc(OC(=O)c4ccc(-c5ccc(CC(=O)OC(C)CC)cc5)cc4)cc3)cc2)nc1. The molecule has 4 aromatic carbocycles. The zero-order chi connectivity index (χ0) is 39.5. The minimum absolute atomic E-state index is 0.0918. The van der Waals surface area contributed by atoms with E-state index in [1.165, 1.54) is 51.4 Å². The number of ether oxygens (including phenoxy) is 3. The second-order valence-corrected chi connectivity index (χ2v) is 14.3. The highest BCUT2D eigenvalue weighted by molar-refractivity contribution is 6.06. The van der Waals surface area contributed by atoms with Crippen LogP contribution in [0.5, 0.6) is 11.5 Å². The minimum atomic E-state index is -0.460. The second-order valence-electron chi connectivity index (χ2n) is 14.3. The van der Waals surface area contributed by atoms with Gasteiger partial charge in [-0.05, 0) is 71.8 Å². The van der Waals surface area contributed by atoms with Gasteiger partial charge in [-0.25, -0.2) is 14.8 Å². The van der Waals surface area contributed by atoms with E-state index in [1.54, 1.807) is 48.8 Å². The Morgan fingerprint density at radius 2 is 1.05 bits per heavy atom. The number of nitrogens with zero attached hydrogens (tertiary/aromatic N) is 2. The molecule has 0 bridgehead atoms. The maximum absolute atomic E-state index is 13.1. The minimum Gasteiger partial charge on any atom is -0.490 e. The van der Waals surface area contributed by atoms with Crippen LogP contribution >= 0.6 is 0 Å². The van der Waals surface area contributed by atoms with E-state index in [4.69, 9.17) is 14.2 Å². The number of aromatic nitrogens is 2. The largest absolute Gasteiger partial charge is 0.490 e. The quantitative estimate of drug-likeness (QED) is 0.0298. The van der Waals surface area contributed by atoms with Crippen LogP contribution in [0.1, 0.15) is 124 Å². The Balaban J connectivity index is 1.04. The summed E-state index contributed by atoms with van der Waals surface area (Å²) in [6.45, 7) is 6.73. The molecule has 0 saturated heterocycles. The van der Waals surface area contributed by atoms with Crippen LogP contribution in [0.2, 0.25) is 0 Å². The fourth-order valence-corrected chi connectivity index (χ4v) is 6.24. The third-order valence-corrected chi connectivity index (χ3v) is 9.81. The van der Waals surface area contributed by atoms with Crippen LogP contribution in [-0.4, -0.2) is 40.4 Å². The number of ketones is 1. The summed E-state index contributed by atoms with van der Waals surface area (Å²) in [5, 5.41) is 0. The van der Waals surface area contributed by atoms with Crippen LogP contribution in [0, 0.1) is 0 Å². The summed E-state index contributed by atoms with van der Waals surface area (Å²) in [4.78, 5) is 46.6. The van der Waals surface area contributed by atoms with Gasteiger partial charge >= 0.3 is 11.9 Å². The van der Waals surface area contributed by atoms with Gasteiger partial charge in [0.25, 0.3) is 0 Å². The van der Waals surface area contributed by atoms with Crippen molar-refractivity contribution in [2.24, 2.45) is 0 Å². The van der Waals surface area contributed by atoms with E-state index in [0.29, 0.717) is 29.2 Å². The van der Waals surface area contributed by atoms with Crippen LogP contribution in [0.15, 0.2) is 109 Å². The first-order valence-corrected chi connectivity index (χ1v) is 20.1. The van der Waals surface area contributed by atoms with E-state index >= 15 is 0 Å². The Hall–Kier alpha value is -5.63. The lowest BCUT2D eigenvalue weighted by Gasteiger charge is -2.11. The van der Waals surface area contributed by atoms with Crippen LogP contribution < -0.4 is 9.47 Å². The van der Waals surface area contributed by atoms with Crippen molar-refractivity contribution in [3.63, 3.8) is 0 Å². The second kappa shape index (κ2) is 22.1. The molecule has 0 aliphatic carbocycles. The molecule has 1 heterocycles. The standard InChI is InChI=1S/C48H54N2O6/c1-4-6-7-8-9-10-11-12-13-14-31-54-44-33-49-47(50-34-44)46(52)41-23-19-38(20-24-41)40-27-29-43(30-28-40)56-48(53)42-25-21-39(22-26-42)37-17-15-36(16-18-37)32-45(51)55-35(3)5-2/h15-30,33-35H,4-14,31-32H2,1-3H3. The number of esters is 2. The Kier molecular flexibility index (Phi) is 16.4. The summed E-state index contributed by atoms with van der Waals surface area (Å²) in [5.41, 5.74) is 5.53. The first kappa shape index (κ1) is 41.5. The number of rotatable bonds is 22. The van der Waals surface area contributed by atoms with E-state index in [9.17, 15) is 14.4 Å². The molecule has 0 amide bonds. The molecule has 0 radical (unpaired) electrons. The van der Waals surface area contributed by atoms with Crippen molar-refractivity contribution in [2.75, 3.05) is 6.61 Å². The third-order valence-electron chi connectivity index (χ3n) is 9.81. The van der Waals surface area contributed by atoms with Crippen molar-refractivity contribution in [3.8, 4) is 33.8 Å². The van der Waals surface area contributed by atoms with E-state index in [1.807, 2.05) is 74.5 Å². The van der Waals surface area contributed by atoms with E-state index in [2.05, 4.69) is 16.9 Å². The highest BCUT2D eigenvalue weighted by Gasteiger charge is 2.14. The van der Waals surface area contributed by atoms with Crippen molar-refractivity contribution < 1.29 is 28.6 Å². The van der Waals surface area contributed by atoms with E-state index in [-0.39, 0.29) is 30.1 Å². The molecule has 0 aliphatic heterocycles. The first-order valence-electron chi connectivity index (χ1n) is 20.1. The molecule has 0 saturated carbocycles. The van der Waals surface area contributed by atoms with Crippen LogP contribution in [0.4, 0.5) is 0 Å². The molecule has 8 heteroatoms. The lowest BCUT2D eigenvalue weighted by molar-refractivity contribution is -0.147. The first-order chi connectivity index (χ1) is 27.3.